The molecule has 0 unspecified atom stereocenters. The summed E-state index contributed by atoms with van der Waals surface area (Å²) in [7, 11) is 2.78. The number of para-hydroxylation sites is 1. The summed E-state index contributed by atoms with van der Waals surface area (Å²) >= 11 is 1.55. The zero-order valence-electron chi connectivity index (χ0n) is 24.5. The Labute approximate surface area is 245 Å². The number of thioether (sulfide) groups is 1. The van der Waals surface area contributed by atoms with E-state index >= 15 is 0 Å². The van der Waals surface area contributed by atoms with Crippen LogP contribution in [0.3, 0.4) is 0 Å². The third-order valence-electron chi connectivity index (χ3n) is 7.99. The van der Waals surface area contributed by atoms with Crippen molar-refractivity contribution in [1.29, 1.82) is 0 Å². The molecule has 2 aliphatic heterocycles. The van der Waals surface area contributed by atoms with E-state index in [1.54, 1.807) is 18.7 Å². The second-order valence-corrected chi connectivity index (χ2v) is 11.7. The molecule has 212 valence electrons. The highest BCUT2D eigenvalue weighted by molar-refractivity contribution is 8.01. The van der Waals surface area contributed by atoms with Crippen molar-refractivity contribution >= 4 is 46.6 Å². The number of nitrogens with zero attached hydrogens (tertiary/aromatic N) is 3. The third-order valence-corrected chi connectivity index (χ3v) is 9.68. The molecule has 3 aromatic rings. The maximum atomic E-state index is 14.3. The van der Waals surface area contributed by atoms with Crippen LogP contribution in [0.5, 0.6) is 0 Å². The summed E-state index contributed by atoms with van der Waals surface area (Å²) in [4.78, 5) is 36.9. The Bertz CT molecular complexity index is 1560. The summed E-state index contributed by atoms with van der Waals surface area (Å²) in [5, 5.41) is 0. The molecule has 0 N–H and O–H groups in total. The van der Waals surface area contributed by atoms with Gasteiger partial charge in [0.1, 0.15) is 5.84 Å². The zero-order valence-corrected chi connectivity index (χ0v) is 25.3. The summed E-state index contributed by atoms with van der Waals surface area (Å²) in [6.07, 6.45) is 0. The number of methoxy groups -OCH3 is 2. The van der Waals surface area contributed by atoms with Crippen molar-refractivity contribution in [2.45, 2.75) is 44.4 Å². The minimum Gasteiger partial charge on any atom is -0.468 e. The van der Waals surface area contributed by atoms with Gasteiger partial charge in [0.25, 0.3) is 0 Å². The Morgan fingerprint density at radius 3 is 2.10 bits per heavy atom. The van der Waals surface area contributed by atoms with Crippen molar-refractivity contribution in [2.24, 2.45) is 10.4 Å². The van der Waals surface area contributed by atoms with E-state index in [0.29, 0.717) is 29.3 Å². The Balaban J connectivity index is 1.96. The minimum atomic E-state index is -1.36. The van der Waals surface area contributed by atoms with Crippen LogP contribution in [0.4, 0.5) is 17.1 Å². The van der Waals surface area contributed by atoms with Crippen molar-refractivity contribution in [1.82, 2.24) is 0 Å². The lowest BCUT2D eigenvalue weighted by Gasteiger charge is -2.44. The third kappa shape index (κ3) is 4.23. The number of rotatable bonds is 5. The quantitative estimate of drug-likeness (QED) is 0.247. The van der Waals surface area contributed by atoms with Crippen molar-refractivity contribution in [3.8, 4) is 0 Å². The van der Waals surface area contributed by atoms with Gasteiger partial charge in [-0.3, -0.25) is 9.69 Å². The van der Waals surface area contributed by atoms with Crippen LogP contribution in [0.25, 0.3) is 0 Å². The smallest absolute Gasteiger partial charge is 0.335 e. The second-order valence-electron chi connectivity index (χ2n) is 10.5. The number of likely N-dealkylation sites (N-methyl/N-ethyl adjacent to an activating group) is 1. The number of benzene rings is 3. The first-order valence-corrected chi connectivity index (χ1v) is 14.4. The van der Waals surface area contributed by atoms with E-state index < -0.39 is 22.2 Å². The molecule has 8 heteroatoms. The van der Waals surface area contributed by atoms with Crippen molar-refractivity contribution in [3.05, 3.63) is 95.2 Å². The van der Waals surface area contributed by atoms with Gasteiger partial charge in [-0.25, -0.2) is 9.79 Å². The molecule has 1 spiro atoms. The minimum absolute atomic E-state index is 0.385. The highest BCUT2D eigenvalue weighted by Crippen LogP contribution is 2.67. The van der Waals surface area contributed by atoms with Crippen LogP contribution in [-0.4, -0.2) is 43.4 Å². The van der Waals surface area contributed by atoms with Crippen LogP contribution < -0.4 is 9.80 Å². The van der Waals surface area contributed by atoms with E-state index in [-0.39, 0.29) is 0 Å². The molecule has 1 saturated heterocycles. The maximum Gasteiger partial charge on any atom is 0.335 e. The molecular weight excluding hydrogens is 534 g/mol. The Hall–Kier alpha value is -4.04. The van der Waals surface area contributed by atoms with E-state index in [9.17, 15) is 9.59 Å². The monoisotopic (exact) mass is 569 g/mol. The molecule has 0 aliphatic carbocycles. The highest BCUT2D eigenvalue weighted by Gasteiger charge is 2.73. The molecule has 2 heterocycles. The van der Waals surface area contributed by atoms with Gasteiger partial charge in [-0.1, -0.05) is 59.3 Å². The van der Waals surface area contributed by atoms with Gasteiger partial charge in [0, 0.05) is 17.1 Å². The standard InChI is InChI=1S/C33H35N3O4S/c1-8-35-26-11-9-10-12-27(26)41-33(35)28(23(4)29(37)39-6)36(25-19-15-22(3)16-20-25)30(32(33,5)31(38)40-7)34-24-17-13-21(2)14-18-24/h9-20H,8H2,1-7H3/b28-23+,34-30?/t32-,33-/m0/s1. The second kappa shape index (κ2) is 10.7. The molecule has 1 fully saturated rings. The number of fused-ring (bicyclic) bond motifs is 1. The van der Waals surface area contributed by atoms with E-state index in [1.807, 2.05) is 92.4 Å². The fourth-order valence-corrected chi connectivity index (χ4v) is 7.72. The molecule has 2 aliphatic rings. The summed E-state index contributed by atoms with van der Waals surface area (Å²) in [6, 6.07) is 23.9. The normalized spacial score (nSPS) is 23.6. The number of carbonyl (C=O) groups is 2. The van der Waals surface area contributed by atoms with Crippen molar-refractivity contribution in [2.75, 3.05) is 30.6 Å². The molecule has 5 rings (SSSR count). The number of esters is 2. The van der Waals surface area contributed by atoms with Crippen LogP contribution in [0.15, 0.2) is 94.0 Å². The molecule has 2 atom stereocenters. The lowest BCUT2D eigenvalue weighted by atomic mass is 9.80. The van der Waals surface area contributed by atoms with Crippen molar-refractivity contribution < 1.29 is 19.1 Å². The Kier molecular flexibility index (Phi) is 7.46. The zero-order chi connectivity index (χ0) is 29.5. The number of aliphatic imine (C=N–C) groups is 1. The lowest BCUT2D eigenvalue weighted by Crippen LogP contribution is -2.59. The van der Waals surface area contributed by atoms with Crippen LogP contribution in [0, 0.1) is 19.3 Å². The Morgan fingerprint density at radius 1 is 0.902 bits per heavy atom. The summed E-state index contributed by atoms with van der Waals surface area (Å²) in [5.41, 5.74) is 4.28. The fraction of sp³-hybridized carbons (Fsp3) is 0.303. The van der Waals surface area contributed by atoms with E-state index in [1.165, 1.54) is 14.2 Å². The van der Waals surface area contributed by atoms with Gasteiger partial charge in [0.2, 0.25) is 0 Å². The molecule has 0 bridgehead atoms. The molecule has 3 aromatic carbocycles. The lowest BCUT2D eigenvalue weighted by molar-refractivity contribution is -0.148. The van der Waals surface area contributed by atoms with Gasteiger partial charge in [0.05, 0.1) is 36.9 Å². The first-order valence-electron chi connectivity index (χ1n) is 13.6. The first kappa shape index (κ1) is 28.5. The number of ether oxygens (including phenoxy) is 2. The van der Waals surface area contributed by atoms with Gasteiger partial charge in [-0.15, -0.1) is 0 Å². The topological polar surface area (TPSA) is 71.4 Å². The summed E-state index contributed by atoms with van der Waals surface area (Å²) in [5.74, 6) is -0.464. The predicted molar refractivity (Wildman–Crippen MR) is 165 cm³/mol. The van der Waals surface area contributed by atoms with E-state index in [2.05, 4.69) is 17.9 Å². The maximum absolute atomic E-state index is 14.3. The SMILES string of the molecule is CCN1c2ccccc2S[C@]12/C(=C(/C)C(=O)OC)N(c1ccc(C)cc1)C(=Nc1ccc(C)cc1)[C@@]2(C)C(=O)OC. The van der Waals surface area contributed by atoms with Gasteiger partial charge < -0.3 is 14.4 Å². The average molecular weight is 570 g/mol. The molecule has 7 nitrogen and oxygen atoms in total. The highest BCUT2D eigenvalue weighted by atomic mass is 32.2. The number of hydrogen-bond acceptors (Lipinski definition) is 7. The molecule has 0 radical (unpaired) electrons. The van der Waals surface area contributed by atoms with Gasteiger partial charge >= 0.3 is 11.9 Å². The molecule has 0 aromatic heterocycles. The number of carbonyl (C=O) groups excluding carboxylic acids is 2. The van der Waals surface area contributed by atoms with E-state index in [4.69, 9.17) is 14.5 Å². The predicted octanol–water partition coefficient (Wildman–Crippen LogP) is 6.81. The fourth-order valence-electron chi connectivity index (χ4n) is 5.91. The number of aryl methyl sites for hydroxylation is 2. The average Bonchev–Trinajstić information content (AvgIpc) is 3.43. The van der Waals surface area contributed by atoms with Crippen LogP contribution in [0.1, 0.15) is 31.9 Å². The molecule has 0 saturated carbocycles. The number of amidine groups is 1. The van der Waals surface area contributed by atoms with E-state index in [0.717, 1.165) is 27.4 Å². The largest absolute Gasteiger partial charge is 0.468 e. The number of hydrogen-bond donors (Lipinski definition) is 0. The number of anilines is 2. The van der Waals surface area contributed by atoms with Gasteiger partial charge in [0.15, 0.2) is 10.3 Å². The van der Waals surface area contributed by atoms with Gasteiger partial charge in [-0.2, -0.15) is 0 Å². The van der Waals surface area contributed by atoms with Crippen LogP contribution in [-0.2, 0) is 19.1 Å². The summed E-state index contributed by atoms with van der Waals surface area (Å²) < 4.78 is 10.9. The van der Waals surface area contributed by atoms with Gasteiger partial charge in [-0.05, 0) is 71.0 Å². The van der Waals surface area contributed by atoms with Crippen LogP contribution in [0.2, 0.25) is 0 Å². The summed E-state index contributed by atoms with van der Waals surface area (Å²) in [6.45, 7) is 10.3. The van der Waals surface area contributed by atoms with Crippen LogP contribution >= 0.6 is 11.8 Å². The molecular formula is C33H35N3O4S. The Morgan fingerprint density at radius 2 is 1.51 bits per heavy atom. The first-order chi connectivity index (χ1) is 19.6. The van der Waals surface area contributed by atoms with Crippen molar-refractivity contribution in [3.63, 3.8) is 0 Å². The molecule has 0 amide bonds. The molecule has 41 heavy (non-hydrogen) atoms.